The third kappa shape index (κ3) is 11.0. The van der Waals surface area contributed by atoms with E-state index in [9.17, 15) is 4.39 Å². The van der Waals surface area contributed by atoms with Crippen LogP contribution in [0.5, 0.6) is 0 Å². The van der Waals surface area contributed by atoms with Crippen molar-refractivity contribution in [3.05, 3.63) is 69.1 Å². The van der Waals surface area contributed by atoms with Gasteiger partial charge in [0.15, 0.2) is 0 Å². The average Bonchev–Trinajstić information content (AvgIpc) is 2.74. The standard InChI is InChI=1S/C12H15ClN2.C12H17F.C4H10/c1-5-11-10(7-8(3)13)9(4)14-12(6-2)15-11;1-9(2)10-6-5-7-11(8-10)12(3,4)13;1-3-4-2/h5,7H,3,6H2,1-2,4H3;5-9H,1-4H3;3-4H2,1-2H3/b10-7-,11-5+;;. The molecule has 0 unspecified atom stereocenters. The molecule has 0 aliphatic carbocycles. The molecule has 1 heterocycles. The second-order valence-corrected chi connectivity index (χ2v) is 9.00. The van der Waals surface area contributed by atoms with Crippen molar-refractivity contribution < 1.29 is 4.39 Å². The lowest BCUT2D eigenvalue weighted by Crippen LogP contribution is -2.33. The fourth-order valence-corrected chi connectivity index (χ4v) is 2.75. The molecular formula is C28H42ClFN2. The van der Waals surface area contributed by atoms with Crippen molar-refractivity contribution in [2.24, 2.45) is 0 Å². The summed E-state index contributed by atoms with van der Waals surface area (Å²) in [7, 11) is 0. The van der Waals surface area contributed by atoms with Gasteiger partial charge in [-0.25, -0.2) is 14.4 Å². The Kier molecular flexibility index (Phi) is 14.0. The topological polar surface area (TPSA) is 25.8 Å². The number of alkyl halides is 1. The highest BCUT2D eigenvalue weighted by Gasteiger charge is 2.18. The molecule has 178 valence electrons. The summed E-state index contributed by atoms with van der Waals surface area (Å²) < 4.78 is 13.6. The maximum atomic E-state index is 13.6. The van der Waals surface area contributed by atoms with E-state index in [4.69, 9.17) is 11.6 Å². The number of aryl methyl sites for hydroxylation is 2. The number of benzene rings is 1. The molecule has 32 heavy (non-hydrogen) atoms. The zero-order chi connectivity index (χ0) is 24.9. The molecular weight excluding hydrogens is 419 g/mol. The Morgan fingerprint density at radius 2 is 1.75 bits per heavy atom. The second-order valence-electron chi connectivity index (χ2n) is 8.51. The zero-order valence-corrected chi connectivity index (χ0v) is 22.3. The van der Waals surface area contributed by atoms with E-state index in [1.165, 1.54) is 18.4 Å². The van der Waals surface area contributed by atoms with E-state index < -0.39 is 5.67 Å². The fraction of sp³-hybridized carbons (Fsp3) is 0.500. The van der Waals surface area contributed by atoms with Crippen LogP contribution < -0.4 is 10.6 Å². The van der Waals surface area contributed by atoms with E-state index in [2.05, 4.69) is 44.2 Å². The SMILES string of the molecule is C=C(Cl)/C=c1/c(C)nc(CC)n/c1=C/C.CC(C)c1cccc(C(C)(C)F)c1.CCCC. The van der Waals surface area contributed by atoms with Crippen molar-refractivity contribution >= 4 is 23.8 Å². The fourth-order valence-electron chi connectivity index (χ4n) is 2.64. The average molecular weight is 461 g/mol. The van der Waals surface area contributed by atoms with Crippen LogP contribution in [0.4, 0.5) is 4.39 Å². The van der Waals surface area contributed by atoms with Crippen molar-refractivity contribution in [2.45, 2.75) is 93.2 Å². The summed E-state index contributed by atoms with van der Waals surface area (Å²) in [5.74, 6) is 1.32. The Balaban J connectivity index is 0.000000519. The van der Waals surface area contributed by atoms with E-state index in [1.54, 1.807) is 19.9 Å². The summed E-state index contributed by atoms with van der Waals surface area (Å²) in [4.78, 5) is 8.82. The van der Waals surface area contributed by atoms with E-state index in [0.717, 1.165) is 34.1 Å². The van der Waals surface area contributed by atoms with Gasteiger partial charge in [0.05, 0.1) is 5.35 Å². The lowest BCUT2D eigenvalue weighted by molar-refractivity contribution is 0.221. The molecule has 1 aromatic carbocycles. The molecule has 0 fully saturated rings. The van der Waals surface area contributed by atoms with Gasteiger partial charge in [-0.2, -0.15) is 0 Å². The van der Waals surface area contributed by atoms with Gasteiger partial charge in [-0.05, 0) is 50.8 Å². The molecule has 0 bridgehead atoms. The van der Waals surface area contributed by atoms with Crippen molar-refractivity contribution in [1.82, 2.24) is 9.97 Å². The number of halogens is 2. The second kappa shape index (κ2) is 14.9. The smallest absolute Gasteiger partial charge is 0.130 e. The highest BCUT2D eigenvalue weighted by Crippen LogP contribution is 2.27. The quantitative estimate of drug-likeness (QED) is 0.461. The van der Waals surface area contributed by atoms with Crippen LogP contribution in [0.15, 0.2) is 35.9 Å². The summed E-state index contributed by atoms with van der Waals surface area (Å²) in [6, 6.07) is 7.75. The monoisotopic (exact) mass is 460 g/mol. The van der Waals surface area contributed by atoms with Crippen LogP contribution in [-0.2, 0) is 12.1 Å². The number of hydrogen-bond acceptors (Lipinski definition) is 2. The lowest BCUT2D eigenvalue weighted by Gasteiger charge is -2.16. The lowest BCUT2D eigenvalue weighted by atomic mass is 9.94. The van der Waals surface area contributed by atoms with Crippen LogP contribution in [0.3, 0.4) is 0 Å². The van der Waals surface area contributed by atoms with E-state index in [1.807, 2.05) is 51.1 Å². The summed E-state index contributed by atoms with van der Waals surface area (Å²) in [5, 5.41) is 2.37. The maximum absolute atomic E-state index is 13.6. The molecule has 0 N–H and O–H groups in total. The first kappa shape index (κ1) is 30.0. The Morgan fingerprint density at radius 1 is 1.16 bits per heavy atom. The largest absolute Gasteiger partial charge is 0.239 e. The van der Waals surface area contributed by atoms with Gasteiger partial charge in [0, 0.05) is 22.4 Å². The number of unbranched alkanes of at least 4 members (excludes halogenated alkanes) is 1. The number of nitrogens with zero attached hydrogens (tertiary/aromatic N) is 2. The number of rotatable bonds is 5. The van der Waals surface area contributed by atoms with Crippen LogP contribution in [0, 0.1) is 6.92 Å². The number of allylic oxidation sites excluding steroid dienone is 1. The van der Waals surface area contributed by atoms with E-state index >= 15 is 0 Å². The minimum Gasteiger partial charge on any atom is -0.239 e. The molecule has 0 spiro atoms. The van der Waals surface area contributed by atoms with Crippen molar-refractivity contribution in [1.29, 1.82) is 0 Å². The molecule has 2 aromatic rings. The van der Waals surface area contributed by atoms with Crippen molar-refractivity contribution in [3.8, 4) is 0 Å². The minimum absolute atomic E-state index is 0.460. The van der Waals surface area contributed by atoms with Gasteiger partial charge in [0.1, 0.15) is 11.5 Å². The third-order valence-corrected chi connectivity index (χ3v) is 4.95. The molecule has 0 saturated carbocycles. The molecule has 2 rings (SSSR count). The van der Waals surface area contributed by atoms with Crippen LogP contribution in [-0.4, -0.2) is 9.97 Å². The molecule has 0 amide bonds. The summed E-state index contributed by atoms with van der Waals surface area (Å²) >= 11 is 5.77. The summed E-state index contributed by atoms with van der Waals surface area (Å²) in [5.41, 5.74) is 1.67. The van der Waals surface area contributed by atoms with Gasteiger partial charge >= 0.3 is 0 Å². The van der Waals surface area contributed by atoms with Gasteiger partial charge in [0.25, 0.3) is 0 Å². The normalized spacial score (nSPS) is 12.1. The van der Waals surface area contributed by atoms with E-state index in [0.29, 0.717) is 11.0 Å². The van der Waals surface area contributed by atoms with Gasteiger partial charge in [0.2, 0.25) is 0 Å². The molecule has 4 heteroatoms. The zero-order valence-electron chi connectivity index (χ0n) is 21.5. The first-order valence-electron chi connectivity index (χ1n) is 11.6. The molecule has 1 aromatic heterocycles. The molecule has 0 saturated heterocycles. The summed E-state index contributed by atoms with van der Waals surface area (Å²) in [6.45, 7) is 21.4. The molecule has 0 atom stereocenters. The first-order chi connectivity index (χ1) is 14.9. The highest BCUT2D eigenvalue weighted by atomic mass is 35.5. The predicted molar refractivity (Wildman–Crippen MR) is 140 cm³/mol. The van der Waals surface area contributed by atoms with Gasteiger partial charge in [-0.3, -0.25) is 0 Å². The Bertz CT molecular complexity index is 954. The predicted octanol–water partition coefficient (Wildman–Crippen LogP) is 7.50. The van der Waals surface area contributed by atoms with Crippen LogP contribution in [0.1, 0.15) is 96.8 Å². The first-order valence-corrected chi connectivity index (χ1v) is 11.9. The minimum atomic E-state index is -1.23. The van der Waals surface area contributed by atoms with Crippen LogP contribution >= 0.6 is 11.6 Å². The van der Waals surface area contributed by atoms with Crippen LogP contribution in [0.2, 0.25) is 0 Å². The third-order valence-electron chi connectivity index (χ3n) is 4.84. The van der Waals surface area contributed by atoms with E-state index in [-0.39, 0.29) is 0 Å². The number of hydrogen-bond donors (Lipinski definition) is 0. The van der Waals surface area contributed by atoms with Gasteiger partial charge < -0.3 is 0 Å². The maximum Gasteiger partial charge on any atom is 0.130 e. The van der Waals surface area contributed by atoms with Crippen molar-refractivity contribution in [3.63, 3.8) is 0 Å². The Labute approximate surface area is 200 Å². The van der Waals surface area contributed by atoms with Gasteiger partial charge in [-0.15, -0.1) is 0 Å². The molecule has 2 nitrogen and oxygen atoms in total. The van der Waals surface area contributed by atoms with Gasteiger partial charge in [-0.1, -0.05) is 96.0 Å². The van der Waals surface area contributed by atoms with Crippen molar-refractivity contribution in [2.75, 3.05) is 0 Å². The molecule has 0 radical (unpaired) electrons. The molecule has 0 aliphatic heterocycles. The molecule has 0 aliphatic rings. The number of aromatic nitrogens is 2. The summed E-state index contributed by atoms with van der Waals surface area (Å²) in [6.07, 6.45) is 7.23. The Morgan fingerprint density at radius 3 is 2.16 bits per heavy atom. The Hall–Kier alpha value is -2.00. The highest BCUT2D eigenvalue weighted by molar-refractivity contribution is 6.33. The van der Waals surface area contributed by atoms with Crippen LogP contribution in [0.25, 0.3) is 12.2 Å².